The molecular weight excluding hydrogens is 940 g/mol. The van der Waals surface area contributed by atoms with Gasteiger partial charge in [-0.1, -0.05) is 116 Å². The zero-order valence-corrected chi connectivity index (χ0v) is 47.1. The predicted octanol–water partition coefficient (Wildman–Crippen LogP) is 13.8. The minimum Gasteiger partial charge on any atom is -0.497 e. The molecule has 0 aliphatic carbocycles. The first-order valence-electron chi connectivity index (χ1n) is 23.6. The van der Waals surface area contributed by atoms with Gasteiger partial charge in [0.15, 0.2) is 22.4 Å². The number of ether oxygens (including phenoxy) is 6. The molecule has 0 saturated carbocycles. The Morgan fingerprint density at radius 1 is 0.873 bits per heavy atom. The van der Waals surface area contributed by atoms with E-state index in [0.29, 0.717) is 19.6 Å². The Morgan fingerprint density at radius 2 is 1.44 bits per heavy atom. The lowest BCUT2D eigenvalue weighted by Crippen LogP contribution is -2.57. The standard InChI is InChI=1S/C51H91IO9Si2/c1-20-23-36(2)47-39(5)48(59-51(12,13)58-47)38(4)45(61-63(18,19)50(9,10)11)33-46(53)57-44(37(3)34-56-35-40-27-29-42(55-15)30-28-40)32-43(60-62(16,17)49(6,7)8)25-21-24-41(54-14)26-22-31-52/h20,22,27-31,36-39,41,43-45,47-48H,1,21,23-26,32-35H2,2-19H3/b31-22-/t36-,37+,38+,39-,41-,43+,44-,45+,47+,48-/m0/s1. The molecule has 0 spiro atoms. The average molecular weight is 1030 g/mol. The molecule has 2 rings (SSSR count). The van der Waals surface area contributed by atoms with E-state index in [0.717, 1.165) is 43.4 Å². The molecule has 1 heterocycles. The van der Waals surface area contributed by atoms with Gasteiger partial charge < -0.3 is 37.3 Å². The molecular formula is C51H91IO9Si2. The Labute approximate surface area is 401 Å². The van der Waals surface area contributed by atoms with Crippen molar-refractivity contribution in [2.24, 2.45) is 23.7 Å². The van der Waals surface area contributed by atoms with Crippen molar-refractivity contribution in [3.05, 3.63) is 52.6 Å². The molecule has 1 aliphatic rings. The highest BCUT2D eigenvalue weighted by molar-refractivity contribution is 14.1. The average Bonchev–Trinajstić information content (AvgIpc) is 3.18. The Morgan fingerprint density at radius 3 is 1.98 bits per heavy atom. The third-order valence-electron chi connectivity index (χ3n) is 14.1. The van der Waals surface area contributed by atoms with Crippen molar-refractivity contribution >= 4 is 45.2 Å². The van der Waals surface area contributed by atoms with Crippen molar-refractivity contribution in [2.75, 3.05) is 20.8 Å². The second kappa shape index (κ2) is 25.9. The van der Waals surface area contributed by atoms with Gasteiger partial charge in [0.2, 0.25) is 0 Å². The van der Waals surface area contributed by atoms with E-state index in [9.17, 15) is 4.79 Å². The van der Waals surface area contributed by atoms with Crippen molar-refractivity contribution in [3.63, 3.8) is 0 Å². The summed E-state index contributed by atoms with van der Waals surface area (Å²) in [6.07, 6.45) is 8.09. The van der Waals surface area contributed by atoms with Crippen LogP contribution in [-0.4, -0.2) is 85.8 Å². The highest BCUT2D eigenvalue weighted by atomic mass is 127. The van der Waals surface area contributed by atoms with Gasteiger partial charge in [-0.3, -0.25) is 4.79 Å². The van der Waals surface area contributed by atoms with Crippen LogP contribution in [0.2, 0.25) is 36.3 Å². The Kier molecular flexibility index (Phi) is 23.8. The summed E-state index contributed by atoms with van der Waals surface area (Å²) in [6.45, 7) is 40.3. The number of carbonyl (C=O) groups excluding carboxylic acids is 1. The van der Waals surface area contributed by atoms with E-state index >= 15 is 0 Å². The summed E-state index contributed by atoms with van der Waals surface area (Å²) < 4.78 is 54.2. The summed E-state index contributed by atoms with van der Waals surface area (Å²) in [7, 11) is -1.11. The summed E-state index contributed by atoms with van der Waals surface area (Å²) in [4.78, 5) is 14.7. The third-order valence-corrected chi connectivity index (χ3v) is 23.6. The maximum Gasteiger partial charge on any atom is 0.308 e. The van der Waals surface area contributed by atoms with E-state index in [1.807, 2.05) is 48.3 Å². The van der Waals surface area contributed by atoms with Gasteiger partial charge in [-0.05, 0) is 110 Å². The van der Waals surface area contributed by atoms with Gasteiger partial charge in [0, 0.05) is 37.4 Å². The van der Waals surface area contributed by atoms with Gasteiger partial charge in [-0.25, -0.2) is 0 Å². The number of hydrogen-bond acceptors (Lipinski definition) is 9. The predicted molar refractivity (Wildman–Crippen MR) is 274 cm³/mol. The van der Waals surface area contributed by atoms with E-state index in [1.54, 1.807) is 14.2 Å². The third kappa shape index (κ3) is 18.8. The first kappa shape index (κ1) is 58.0. The van der Waals surface area contributed by atoms with Gasteiger partial charge in [0.05, 0.1) is 51.2 Å². The zero-order valence-electron chi connectivity index (χ0n) is 42.9. The van der Waals surface area contributed by atoms with Gasteiger partial charge in [-0.15, -0.1) is 6.58 Å². The largest absolute Gasteiger partial charge is 0.497 e. The molecule has 0 unspecified atom stereocenters. The van der Waals surface area contributed by atoms with E-state index in [-0.39, 0.29) is 70.6 Å². The van der Waals surface area contributed by atoms with Crippen molar-refractivity contribution < 1.29 is 42.1 Å². The van der Waals surface area contributed by atoms with Crippen LogP contribution in [0.3, 0.4) is 0 Å². The molecule has 0 radical (unpaired) electrons. The van der Waals surface area contributed by atoms with Crippen LogP contribution in [0.15, 0.2) is 47.1 Å². The quantitative estimate of drug-likeness (QED) is 0.0370. The molecule has 1 aliphatic heterocycles. The smallest absolute Gasteiger partial charge is 0.308 e. The van der Waals surface area contributed by atoms with Crippen molar-refractivity contribution in [1.29, 1.82) is 0 Å². The Bertz CT molecular complexity index is 1520. The van der Waals surface area contributed by atoms with Crippen LogP contribution in [0, 0.1) is 23.7 Å². The van der Waals surface area contributed by atoms with Crippen LogP contribution in [0.4, 0.5) is 0 Å². The van der Waals surface area contributed by atoms with Gasteiger partial charge in [0.1, 0.15) is 11.9 Å². The summed E-state index contributed by atoms with van der Waals surface area (Å²) >= 11 is 2.26. The van der Waals surface area contributed by atoms with Crippen LogP contribution in [0.1, 0.15) is 134 Å². The van der Waals surface area contributed by atoms with E-state index in [1.165, 1.54) is 0 Å². The van der Waals surface area contributed by atoms with E-state index < -0.39 is 34.6 Å². The van der Waals surface area contributed by atoms with Gasteiger partial charge >= 0.3 is 5.97 Å². The molecule has 1 aromatic carbocycles. The fraction of sp³-hybridized carbons (Fsp3) is 0.784. The highest BCUT2D eigenvalue weighted by Crippen LogP contribution is 2.44. The molecule has 0 amide bonds. The number of hydrogen-bond donors (Lipinski definition) is 0. The SMILES string of the molecule is C=CC[C@H](C)[C@H]1OC(C)(C)O[C@@H]([C@H](C)[C@@H](CC(=O)O[C@@H](C[C@@H](CCC[C@@H](C/C=C\I)OC)O[Si](C)(C)C(C)(C)C)[C@H](C)COCc2ccc(OC)cc2)O[Si](C)(C)C(C)(C)C)[C@H]1C. The van der Waals surface area contributed by atoms with Crippen molar-refractivity contribution in [2.45, 2.75) is 213 Å². The molecule has 1 fully saturated rings. The van der Waals surface area contributed by atoms with Crippen LogP contribution in [-0.2, 0) is 43.9 Å². The zero-order chi connectivity index (χ0) is 48.0. The van der Waals surface area contributed by atoms with Crippen LogP contribution in [0.5, 0.6) is 5.75 Å². The Hall–Kier alpha value is -1.11. The van der Waals surface area contributed by atoms with E-state index in [4.69, 9.17) is 37.3 Å². The van der Waals surface area contributed by atoms with Crippen molar-refractivity contribution in [1.82, 2.24) is 0 Å². The summed E-state index contributed by atoms with van der Waals surface area (Å²) in [6, 6.07) is 7.92. The summed E-state index contributed by atoms with van der Waals surface area (Å²) in [5.41, 5.74) is 1.05. The molecule has 0 N–H and O–H groups in total. The lowest BCUT2D eigenvalue weighted by Gasteiger charge is -2.50. The second-order valence-corrected chi connectivity index (χ2v) is 32.1. The number of benzene rings is 1. The molecule has 1 aromatic rings. The minimum absolute atomic E-state index is 0.00945. The van der Waals surface area contributed by atoms with Gasteiger partial charge in [-0.2, -0.15) is 0 Å². The molecule has 63 heavy (non-hydrogen) atoms. The first-order chi connectivity index (χ1) is 29.1. The molecule has 0 aromatic heterocycles. The number of methoxy groups -OCH3 is 2. The number of rotatable bonds is 27. The molecule has 9 nitrogen and oxygen atoms in total. The topological polar surface area (TPSA) is 90.9 Å². The summed E-state index contributed by atoms with van der Waals surface area (Å²) in [5.74, 6) is -0.190. The summed E-state index contributed by atoms with van der Waals surface area (Å²) in [5, 5.41) is -0.0618. The fourth-order valence-electron chi connectivity index (χ4n) is 7.96. The minimum atomic E-state index is -2.36. The maximum atomic E-state index is 14.7. The lowest BCUT2D eigenvalue weighted by atomic mass is 9.79. The number of halogens is 1. The van der Waals surface area contributed by atoms with Crippen molar-refractivity contribution in [3.8, 4) is 5.75 Å². The number of carbonyl (C=O) groups is 1. The molecule has 1 saturated heterocycles. The van der Waals surface area contributed by atoms with Crippen LogP contribution >= 0.6 is 22.6 Å². The molecule has 0 bridgehead atoms. The molecule has 10 atom stereocenters. The second-order valence-electron chi connectivity index (χ2n) is 21.9. The Balaban J connectivity index is 2.54. The normalized spacial score (nSPS) is 22.2. The molecule has 12 heteroatoms. The highest BCUT2D eigenvalue weighted by Gasteiger charge is 2.49. The van der Waals surface area contributed by atoms with Crippen LogP contribution < -0.4 is 4.74 Å². The lowest BCUT2D eigenvalue weighted by molar-refractivity contribution is -0.337. The molecule has 364 valence electrons. The number of allylic oxidation sites excluding steroid dienone is 1. The monoisotopic (exact) mass is 1030 g/mol. The van der Waals surface area contributed by atoms with E-state index in [2.05, 4.69) is 131 Å². The maximum absolute atomic E-state index is 14.7. The first-order valence-corrected chi connectivity index (χ1v) is 30.7. The van der Waals surface area contributed by atoms with Gasteiger partial charge in [0.25, 0.3) is 0 Å². The van der Waals surface area contributed by atoms with Crippen LogP contribution in [0.25, 0.3) is 0 Å². The fourth-order valence-corrected chi connectivity index (χ4v) is 11.1. The number of esters is 1.